The van der Waals surface area contributed by atoms with Crippen molar-refractivity contribution in [3.63, 3.8) is 0 Å². The van der Waals surface area contributed by atoms with Gasteiger partial charge in [0.1, 0.15) is 10.6 Å². The maximum atomic E-state index is 12.4. The van der Waals surface area contributed by atoms with Crippen molar-refractivity contribution in [1.29, 1.82) is 0 Å². The van der Waals surface area contributed by atoms with Gasteiger partial charge in [0.2, 0.25) is 10.0 Å². The number of primary sulfonamides is 1. The Labute approximate surface area is 119 Å². The lowest BCUT2D eigenvalue weighted by Crippen LogP contribution is -2.30. The van der Waals surface area contributed by atoms with Crippen LogP contribution in [-0.4, -0.2) is 37.4 Å². The standard InChI is InChI=1S/C13H21N3O3S/c1-9(2)16-8-11(20(14,18)19)6-12(16)13(17)15(3)7-10-4-5-10/h6,8-10H,4-5,7H2,1-3H3,(H2,14,18,19). The molecule has 0 aliphatic heterocycles. The van der Waals surface area contributed by atoms with Gasteiger partial charge in [0.15, 0.2) is 0 Å². The molecule has 1 aromatic heterocycles. The number of sulfonamides is 1. The zero-order valence-electron chi connectivity index (χ0n) is 12.0. The topological polar surface area (TPSA) is 85.4 Å². The van der Waals surface area contributed by atoms with Crippen molar-refractivity contribution in [1.82, 2.24) is 9.47 Å². The van der Waals surface area contributed by atoms with E-state index in [2.05, 4.69) is 0 Å². The Bertz CT molecular complexity index is 615. The first-order chi connectivity index (χ1) is 9.20. The minimum absolute atomic E-state index is 0.0150. The molecule has 0 spiro atoms. The first kappa shape index (κ1) is 15.1. The number of nitrogens with zero attached hydrogens (tertiary/aromatic N) is 2. The molecule has 7 heteroatoms. The Morgan fingerprint density at radius 2 is 2.10 bits per heavy atom. The molecule has 2 N–H and O–H groups in total. The van der Waals surface area contributed by atoms with Gasteiger partial charge < -0.3 is 9.47 Å². The zero-order valence-corrected chi connectivity index (χ0v) is 12.9. The Kier molecular flexibility index (Phi) is 3.93. The monoisotopic (exact) mass is 299 g/mol. The number of rotatable bonds is 5. The lowest BCUT2D eigenvalue weighted by atomic mass is 10.3. The van der Waals surface area contributed by atoms with E-state index in [-0.39, 0.29) is 16.8 Å². The summed E-state index contributed by atoms with van der Waals surface area (Å²) in [6.45, 7) is 4.50. The van der Waals surface area contributed by atoms with Gasteiger partial charge >= 0.3 is 0 Å². The SMILES string of the molecule is CC(C)n1cc(S(N)(=O)=O)cc1C(=O)N(C)CC1CC1. The lowest BCUT2D eigenvalue weighted by molar-refractivity contribution is 0.0776. The van der Waals surface area contributed by atoms with Crippen LogP contribution in [0.1, 0.15) is 43.2 Å². The van der Waals surface area contributed by atoms with Crippen molar-refractivity contribution in [3.05, 3.63) is 18.0 Å². The Balaban J connectivity index is 2.33. The highest BCUT2D eigenvalue weighted by molar-refractivity contribution is 7.89. The second kappa shape index (κ2) is 5.21. The van der Waals surface area contributed by atoms with Crippen LogP contribution < -0.4 is 5.14 Å². The molecule has 0 atom stereocenters. The number of amides is 1. The molecule has 1 aromatic rings. The number of hydrogen-bond donors (Lipinski definition) is 1. The molecule has 0 aromatic carbocycles. The van der Waals surface area contributed by atoms with Gasteiger partial charge in [0.05, 0.1) is 0 Å². The van der Waals surface area contributed by atoms with Gasteiger partial charge in [-0.2, -0.15) is 0 Å². The van der Waals surface area contributed by atoms with Gasteiger partial charge in [-0.05, 0) is 38.7 Å². The van der Waals surface area contributed by atoms with Crippen LogP contribution in [0, 0.1) is 5.92 Å². The van der Waals surface area contributed by atoms with Crippen molar-refractivity contribution in [2.75, 3.05) is 13.6 Å². The van der Waals surface area contributed by atoms with Crippen LogP contribution in [0.5, 0.6) is 0 Å². The molecule has 6 nitrogen and oxygen atoms in total. The highest BCUT2D eigenvalue weighted by atomic mass is 32.2. The maximum absolute atomic E-state index is 12.4. The van der Waals surface area contributed by atoms with E-state index in [0.717, 1.165) is 12.8 Å². The van der Waals surface area contributed by atoms with Crippen LogP contribution in [0.2, 0.25) is 0 Å². The Morgan fingerprint density at radius 3 is 2.55 bits per heavy atom. The molecule has 1 amide bonds. The number of carbonyl (C=O) groups excluding carboxylic acids is 1. The minimum Gasteiger partial charge on any atom is -0.340 e. The van der Waals surface area contributed by atoms with E-state index in [9.17, 15) is 13.2 Å². The van der Waals surface area contributed by atoms with Gasteiger partial charge in [-0.15, -0.1) is 0 Å². The third-order valence-corrected chi connectivity index (χ3v) is 4.38. The summed E-state index contributed by atoms with van der Waals surface area (Å²) < 4.78 is 24.5. The number of aromatic nitrogens is 1. The van der Waals surface area contributed by atoms with Crippen molar-refractivity contribution in [2.24, 2.45) is 11.1 Å². The number of nitrogens with two attached hydrogens (primary N) is 1. The fraction of sp³-hybridized carbons (Fsp3) is 0.615. The first-order valence-electron chi connectivity index (χ1n) is 6.70. The molecule has 0 bridgehead atoms. The van der Waals surface area contributed by atoms with Gasteiger partial charge in [-0.25, -0.2) is 13.6 Å². The molecule has 1 heterocycles. The van der Waals surface area contributed by atoms with Crippen LogP contribution >= 0.6 is 0 Å². The molecular weight excluding hydrogens is 278 g/mol. The quantitative estimate of drug-likeness (QED) is 0.886. The molecule has 0 saturated heterocycles. The van der Waals surface area contributed by atoms with Gasteiger partial charge in [-0.3, -0.25) is 4.79 Å². The third kappa shape index (κ3) is 3.21. The fourth-order valence-corrected chi connectivity index (χ4v) is 2.71. The summed E-state index contributed by atoms with van der Waals surface area (Å²) in [6.07, 6.45) is 3.74. The minimum atomic E-state index is -3.80. The predicted molar refractivity (Wildman–Crippen MR) is 75.9 cm³/mol. The van der Waals surface area contributed by atoms with Gasteiger partial charge in [-0.1, -0.05) is 0 Å². The summed E-state index contributed by atoms with van der Waals surface area (Å²) >= 11 is 0. The van der Waals surface area contributed by atoms with E-state index in [1.165, 1.54) is 12.3 Å². The summed E-state index contributed by atoms with van der Waals surface area (Å²) in [5.74, 6) is 0.421. The third-order valence-electron chi connectivity index (χ3n) is 3.50. The second-order valence-electron chi connectivity index (χ2n) is 5.74. The first-order valence-corrected chi connectivity index (χ1v) is 8.25. The zero-order chi connectivity index (χ0) is 15.1. The van der Waals surface area contributed by atoms with E-state index < -0.39 is 10.0 Å². The average Bonchev–Trinajstić information content (AvgIpc) is 3.01. The summed E-state index contributed by atoms with van der Waals surface area (Å²) in [7, 11) is -2.05. The van der Waals surface area contributed by atoms with Crippen molar-refractivity contribution >= 4 is 15.9 Å². The van der Waals surface area contributed by atoms with Crippen LogP contribution in [0.3, 0.4) is 0 Å². The predicted octanol–water partition coefficient (Wildman–Crippen LogP) is 1.20. The van der Waals surface area contributed by atoms with Crippen molar-refractivity contribution in [2.45, 2.75) is 37.6 Å². The molecule has 1 aliphatic rings. The van der Waals surface area contributed by atoms with E-state index in [0.29, 0.717) is 18.2 Å². The highest BCUT2D eigenvalue weighted by Crippen LogP contribution is 2.30. The fourth-order valence-electron chi connectivity index (χ4n) is 2.17. The van der Waals surface area contributed by atoms with E-state index in [1.807, 2.05) is 13.8 Å². The normalized spacial score (nSPS) is 15.7. The summed E-state index contributed by atoms with van der Waals surface area (Å²) in [5, 5.41) is 5.14. The molecule has 1 saturated carbocycles. The second-order valence-corrected chi connectivity index (χ2v) is 7.30. The van der Waals surface area contributed by atoms with Crippen LogP contribution in [0.4, 0.5) is 0 Å². The van der Waals surface area contributed by atoms with Crippen LogP contribution in [0.15, 0.2) is 17.2 Å². The smallest absolute Gasteiger partial charge is 0.270 e. The Hall–Kier alpha value is -1.34. The van der Waals surface area contributed by atoms with Crippen molar-refractivity contribution < 1.29 is 13.2 Å². The molecule has 0 unspecified atom stereocenters. The molecule has 1 fully saturated rings. The Morgan fingerprint density at radius 1 is 1.50 bits per heavy atom. The summed E-state index contributed by atoms with van der Waals surface area (Å²) in [4.78, 5) is 14.1. The number of hydrogen-bond acceptors (Lipinski definition) is 3. The lowest BCUT2D eigenvalue weighted by Gasteiger charge is -2.19. The van der Waals surface area contributed by atoms with E-state index in [1.54, 1.807) is 16.5 Å². The molecule has 112 valence electrons. The largest absolute Gasteiger partial charge is 0.340 e. The number of carbonyl (C=O) groups is 1. The van der Waals surface area contributed by atoms with Crippen LogP contribution in [-0.2, 0) is 10.0 Å². The molecule has 20 heavy (non-hydrogen) atoms. The van der Waals surface area contributed by atoms with E-state index >= 15 is 0 Å². The maximum Gasteiger partial charge on any atom is 0.270 e. The summed E-state index contributed by atoms with van der Waals surface area (Å²) in [6, 6.07) is 1.35. The highest BCUT2D eigenvalue weighted by Gasteiger charge is 2.27. The van der Waals surface area contributed by atoms with Gasteiger partial charge in [0, 0.05) is 25.8 Å². The van der Waals surface area contributed by atoms with E-state index in [4.69, 9.17) is 5.14 Å². The van der Waals surface area contributed by atoms with Crippen molar-refractivity contribution in [3.8, 4) is 0 Å². The molecule has 2 rings (SSSR count). The van der Waals surface area contributed by atoms with Gasteiger partial charge in [0.25, 0.3) is 5.91 Å². The summed E-state index contributed by atoms with van der Waals surface area (Å²) in [5.41, 5.74) is 0.368. The molecular formula is C13H21N3O3S. The molecule has 1 aliphatic carbocycles. The average molecular weight is 299 g/mol. The molecule has 0 radical (unpaired) electrons. The van der Waals surface area contributed by atoms with Crippen LogP contribution in [0.25, 0.3) is 0 Å².